The van der Waals surface area contributed by atoms with E-state index in [1.807, 2.05) is 6.07 Å². The van der Waals surface area contributed by atoms with Crippen LogP contribution in [0, 0.1) is 0 Å². The van der Waals surface area contributed by atoms with Crippen molar-refractivity contribution in [1.29, 1.82) is 0 Å². The molecule has 0 saturated carbocycles. The van der Waals surface area contributed by atoms with Crippen molar-refractivity contribution in [2.75, 3.05) is 6.61 Å². The summed E-state index contributed by atoms with van der Waals surface area (Å²) >= 11 is 3.50. The van der Waals surface area contributed by atoms with Gasteiger partial charge in [-0.25, -0.2) is 0 Å². The average Bonchev–Trinajstić information content (AvgIpc) is 2.93. The number of rotatable bonds is 4. The van der Waals surface area contributed by atoms with Crippen molar-refractivity contribution >= 4 is 28.5 Å². The van der Waals surface area contributed by atoms with Crippen LogP contribution in [0.15, 0.2) is 40.9 Å². The largest absolute Gasteiger partial charge is 0.493 e. The number of benzene rings is 2. The summed E-state index contributed by atoms with van der Waals surface area (Å²) in [5.41, 5.74) is 2.57. The molecule has 3 rings (SSSR count). The Morgan fingerprint density at radius 3 is 2.90 bits per heavy atom. The molecule has 2 aromatic carbocycles. The quantitative estimate of drug-likeness (QED) is 0.825. The summed E-state index contributed by atoms with van der Waals surface area (Å²) in [7, 11) is -1.49. The molecular formula is C15H14BBrO4. The Labute approximate surface area is 131 Å². The van der Waals surface area contributed by atoms with Gasteiger partial charge in [0.15, 0.2) is 0 Å². The van der Waals surface area contributed by atoms with Crippen molar-refractivity contribution in [3.63, 3.8) is 0 Å². The number of hydrogen-bond acceptors (Lipinski definition) is 4. The molecular weight excluding hydrogens is 335 g/mol. The lowest BCUT2D eigenvalue weighted by Gasteiger charge is -2.11. The van der Waals surface area contributed by atoms with E-state index in [0.29, 0.717) is 24.4 Å². The van der Waals surface area contributed by atoms with E-state index in [-0.39, 0.29) is 0 Å². The van der Waals surface area contributed by atoms with E-state index in [1.165, 1.54) is 5.56 Å². The van der Waals surface area contributed by atoms with E-state index in [9.17, 15) is 10.0 Å². The summed E-state index contributed by atoms with van der Waals surface area (Å²) in [5, 5.41) is 18.3. The molecule has 0 atom stereocenters. The molecule has 1 aliphatic heterocycles. The molecule has 0 bridgehead atoms. The van der Waals surface area contributed by atoms with Crippen molar-refractivity contribution in [1.82, 2.24) is 0 Å². The van der Waals surface area contributed by atoms with Crippen LogP contribution in [0.3, 0.4) is 0 Å². The highest BCUT2D eigenvalue weighted by Gasteiger charge is 2.18. The third-order valence-corrected chi connectivity index (χ3v) is 3.83. The fourth-order valence-corrected chi connectivity index (χ4v) is 2.93. The standard InChI is InChI=1S/C15H14BBrO4/c17-13-6-10-4-5-20-15(10)11(7-13)9-21-14-3-1-2-12(8-14)16(18)19/h1-3,6-8,18-19H,4-5,9H2. The van der Waals surface area contributed by atoms with E-state index in [2.05, 4.69) is 22.0 Å². The highest BCUT2D eigenvalue weighted by Crippen LogP contribution is 2.33. The molecule has 0 aromatic heterocycles. The molecule has 108 valence electrons. The lowest BCUT2D eigenvalue weighted by Crippen LogP contribution is -2.29. The van der Waals surface area contributed by atoms with Gasteiger partial charge in [-0.3, -0.25) is 0 Å². The summed E-state index contributed by atoms with van der Waals surface area (Å²) < 4.78 is 12.4. The second-order valence-corrected chi connectivity index (χ2v) is 5.80. The monoisotopic (exact) mass is 348 g/mol. The van der Waals surface area contributed by atoms with Gasteiger partial charge in [0.25, 0.3) is 0 Å². The molecule has 1 heterocycles. The van der Waals surface area contributed by atoms with Crippen molar-refractivity contribution in [2.24, 2.45) is 0 Å². The normalized spacial score (nSPS) is 12.7. The van der Waals surface area contributed by atoms with E-state index in [4.69, 9.17) is 9.47 Å². The third-order valence-electron chi connectivity index (χ3n) is 3.38. The maximum Gasteiger partial charge on any atom is 0.488 e. The first-order chi connectivity index (χ1) is 10.1. The molecule has 6 heteroatoms. The van der Waals surface area contributed by atoms with Crippen LogP contribution < -0.4 is 14.9 Å². The number of hydrogen-bond donors (Lipinski definition) is 2. The van der Waals surface area contributed by atoms with Gasteiger partial charge in [0, 0.05) is 16.5 Å². The smallest absolute Gasteiger partial charge is 0.488 e. The molecule has 0 amide bonds. The van der Waals surface area contributed by atoms with Gasteiger partial charge in [-0.05, 0) is 35.3 Å². The van der Waals surface area contributed by atoms with Crippen molar-refractivity contribution in [3.05, 3.63) is 52.0 Å². The first-order valence-electron chi connectivity index (χ1n) is 6.66. The number of ether oxygens (including phenoxy) is 2. The van der Waals surface area contributed by atoms with E-state index in [0.717, 1.165) is 22.2 Å². The molecule has 0 radical (unpaired) electrons. The van der Waals surface area contributed by atoms with Crippen LogP contribution in [-0.2, 0) is 13.0 Å². The van der Waals surface area contributed by atoms with E-state index >= 15 is 0 Å². The molecule has 2 N–H and O–H groups in total. The van der Waals surface area contributed by atoms with Crippen LogP contribution in [0.4, 0.5) is 0 Å². The second kappa shape index (κ2) is 6.09. The Hall–Kier alpha value is -1.50. The molecule has 0 spiro atoms. The molecule has 0 saturated heterocycles. The predicted octanol–water partition coefficient (Wildman–Crippen LogP) is 1.64. The van der Waals surface area contributed by atoms with E-state index < -0.39 is 7.12 Å². The molecule has 21 heavy (non-hydrogen) atoms. The Balaban J connectivity index is 1.78. The predicted molar refractivity (Wildman–Crippen MR) is 83.9 cm³/mol. The maximum atomic E-state index is 9.17. The van der Waals surface area contributed by atoms with E-state index in [1.54, 1.807) is 24.3 Å². The molecule has 0 fully saturated rings. The van der Waals surface area contributed by atoms with Gasteiger partial charge in [0.2, 0.25) is 0 Å². The van der Waals surface area contributed by atoms with Crippen LogP contribution in [-0.4, -0.2) is 23.8 Å². The fourth-order valence-electron chi connectivity index (χ4n) is 2.38. The van der Waals surface area contributed by atoms with Crippen LogP contribution in [0.2, 0.25) is 0 Å². The van der Waals surface area contributed by atoms with Gasteiger partial charge >= 0.3 is 7.12 Å². The lowest BCUT2D eigenvalue weighted by molar-refractivity contribution is 0.292. The van der Waals surface area contributed by atoms with Gasteiger partial charge in [0.05, 0.1) is 6.61 Å². The zero-order valence-corrected chi connectivity index (χ0v) is 12.8. The summed E-state index contributed by atoms with van der Waals surface area (Å²) in [6.07, 6.45) is 0.911. The zero-order chi connectivity index (χ0) is 14.8. The van der Waals surface area contributed by atoms with Crippen LogP contribution >= 0.6 is 15.9 Å². The first-order valence-corrected chi connectivity index (χ1v) is 7.46. The highest BCUT2D eigenvalue weighted by atomic mass is 79.9. The average molecular weight is 349 g/mol. The van der Waals surface area contributed by atoms with Crippen LogP contribution in [0.5, 0.6) is 11.5 Å². The van der Waals surface area contributed by atoms with Crippen molar-refractivity contribution < 1.29 is 19.5 Å². The van der Waals surface area contributed by atoms with Gasteiger partial charge in [0.1, 0.15) is 18.1 Å². The number of fused-ring (bicyclic) bond motifs is 1. The molecule has 0 aliphatic carbocycles. The topological polar surface area (TPSA) is 58.9 Å². The first kappa shape index (κ1) is 14.4. The Morgan fingerprint density at radius 2 is 2.10 bits per heavy atom. The number of halogens is 1. The minimum atomic E-state index is -1.49. The van der Waals surface area contributed by atoms with Gasteiger partial charge < -0.3 is 19.5 Å². The minimum absolute atomic E-state index is 0.368. The van der Waals surface area contributed by atoms with Crippen molar-refractivity contribution in [2.45, 2.75) is 13.0 Å². The summed E-state index contributed by atoms with van der Waals surface area (Å²) in [4.78, 5) is 0. The molecule has 1 aliphatic rings. The van der Waals surface area contributed by atoms with Crippen molar-refractivity contribution in [3.8, 4) is 11.5 Å². The van der Waals surface area contributed by atoms with Gasteiger partial charge in [-0.2, -0.15) is 0 Å². The Kier molecular flexibility index (Phi) is 4.19. The van der Waals surface area contributed by atoms with Gasteiger partial charge in [-0.1, -0.05) is 28.1 Å². The van der Waals surface area contributed by atoms with Crippen LogP contribution in [0.1, 0.15) is 11.1 Å². The molecule has 4 nitrogen and oxygen atoms in total. The Morgan fingerprint density at radius 1 is 1.24 bits per heavy atom. The summed E-state index contributed by atoms with van der Waals surface area (Å²) in [6.45, 7) is 1.07. The molecule has 2 aromatic rings. The maximum absolute atomic E-state index is 9.17. The SMILES string of the molecule is OB(O)c1cccc(OCc2cc(Br)cc3c2OCC3)c1. The highest BCUT2D eigenvalue weighted by molar-refractivity contribution is 9.10. The summed E-state index contributed by atoms with van der Waals surface area (Å²) in [6, 6.07) is 10.8. The third kappa shape index (κ3) is 3.23. The summed E-state index contributed by atoms with van der Waals surface area (Å²) in [5.74, 6) is 1.49. The lowest BCUT2D eigenvalue weighted by atomic mass is 9.80. The Bertz CT molecular complexity index is 660. The van der Waals surface area contributed by atoms with Crippen LogP contribution in [0.25, 0.3) is 0 Å². The van der Waals surface area contributed by atoms with Gasteiger partial charge in [-0.15, -0.1) is 0 Å². The minimum Gasteiger partial charge on any atom is -0.493 e. The zero-order valence-electron chi connectivity index (χ0n) is 11.3. The second-order valence-electron chi connectivity index (χ2n) is 4.89. The molecule has 0 unspecified atom stereocenters. The fraction of sp³-hybridized carbons (Fsp3) is 0.200.